The number of carbonyl (C=O) groups excluding carboxylic acids is 1. The maximum atomic E-state index is 14.2. The Balaban J connectivity index is 1.49. The second-order valence-corrected chi connectivity index (χ2v) is 8.85. The molecule has 3 N–H and O–H groups in total. The number of hydrogen-bond donors (Lipinski definition) is 3. The summed E-state index contributed by atoms with van der Waals surface area (Å²) in [6, 6.07) is 8.05. The summed E-state index contributed by atoms with van der Waals surface area (Å²) in [4.78, 5) is 20.8. The van der Waals surface area contributed by atoms with E-state index in [2.05, 4.69) is 20.6 Å². The Kier molecular flexibility index (Phi) is 5.51. The van der Waals surface area contributed by atoms with Crippen LogP contribution in [0.15, 0.2) is 34.7 Å². The van der Waals surface area contributed by atoms with Crippen molar-refractivity contribution < 1.29 is 13.6 Å². The van der Waals surface area contributed by atoms with Gasteiger partial charge in [-0.2, -0.15) is 0 Å². The number of aromatic amines is 1. The molecule has 0 atom stereocenters. The highest BCUT2D eigenvalue weighted by Crippen LogP contribution is 2.33. The van der Waals surface area contributed by atoms with Crippen LogP contribution in [0.2, 0.25) is 5.02 Å². The van der Waals surface area contributed by atoms with Gasteiger partial charge in [0.15, 0.2) is 0 Å². The smallest absolute Gasteiger partial charge is 0.255 e. The van der Waals surface area contributed by atoms with Crippen LogP contribution in [-0.2, 0) is 0 Å². The number of H-pyrrole nitrogens is 1. The molecule has 0 unspecified atom stereocenters. The zero-order chi connectivity index (χ0) is 22.2. The Labute approximate surface area is 189 Å². The molecule has 5 rings (SSSR count). The van der Waals surface area contributed by atoms with Crippen LogP contribution < -0.4 is 10.6 Å². The number of fused-ring (bicyclic) bond motifs is 3. The molecule has 2 aromatic heterocycles. The molecule has 0 spiro atoms. The minimum atomic E-state index is -0.481. The van der Waals surface area contributed by atoms with E-state index >= 15 is 0 Å². The molecule has 2 heterocycles. The van der Waals surface area contributed by atoms with E-state index in [9.17, 15) is 9.18 Å². The topological polar surface area (TPSA) is 83.0 Å². The number of benzene rings is 2. The Morgan fingerprint density at radius 1 is 1.28 bits per heavy atom. The standard InChI is InChI=1S/C24H24ClFN4O2/c1-13-10-15-20-19(28-24(29-20)30-21-17(25)8-5-9-18(21)26)11-16(22(15)32-13)23(31)27-12-14-6-3-2-4-7-14/h5,8-11,14H,2-4,6-7,12H2,1H3,(H,27,31)(H2,28,29,30). The monoisotopic (exact) mass is 454 g/mol. The lowest BCUT2D eigenvalue weighted by molar-refractivity contribution is 0.0944. The van der Waals surface area contributed by atoms with Gasteiger partial charge in [0.25, 0.3) is 5.91 Å². The molecular formula is C24H24ClFN4O2. The number of nitrogens with one attached hydrogen (secondary N) is 3. The summed E-state index contributed by atoms with van der Waals surface area (Å²) in [6.45, 7) is 2.50. The number of aromatic nitrogens is 2. The van der Waals surface area contributed by atoms with Gasteiger partial charge in [0.05, 0.1) is 21.8 Å². The first-order valence-electron chi connectivity index (χ1n) is 10.9. The van der Waals surface area contributed by atoms with Crippen molar-refractivity contribution in [2.45, 2.75) is 39.0 Å². The van der Waals surface area contributed by atoms with Crippen LogP contribution in [0.4, 0.5) is 16.0 Å². The lowest BCUT2D eigenvalue weighted by atomic mass is 9.89. The molecule has 32 heavy (non-hydrogen) atoms. The van der Waals surface area contributed by atoms with Gasteiger partial charge in [-0.3, -0.25) is 4.79 Å². The largest absolute Gasteiger partial charge is 0.460 e. The number of rotatable bonds is 5. The molecule has 0 bridgehead atoms. The lowest BCUT2D eigenvalue weighted by Gasteiger charge is -2.21. The molecule has 0 saturated heterocycles. The molecule has 0 radical (unpaired) electrons. The van der Waals surface area contributed by atoms with Crippen molar-refractivity contribution in [3.8, 4) is 0 Å². The molecule has 1 amide bonds. The zero-order valence-electron chi connectivity index (χ0n) is 17.7. The molecule has 1 aliphatic carbocycles. The zero-order valence-corrected chi connectivity index (χ0v) is 18.5. The van der Waals surface area contributed by atoms with E-state index < -0.39 is 5.82 Å². The maximum absolute atomic E-state index is 14.2. The third-order valence-corrected chi connectivity index (χ3v) is 6.42. The van der Waals surface area contributed by atoms with E-state index in [1.54, 1.807) is 12.1 Å². The average molecular weight is 455 g/mol. The van der Waals surface area contributed by atoms with Crippen LogP contribution in [0.3, 0.4) is 0 Å². The normalized spacial score (nSPS) is 14.8. The number of imidazole rings is 1. The molecule has 8 heteroatoms. The van der Waals surface area contributed by atoms with Gasteiger partial charge in [0.2, 0.25) is 5.95 Å². The molecular weight excluding hydrogens is 431 g/mol. The molecule has 4 aromatic rings. The Hall–Kier alpha value is -3.06. The highest BCUT2D eigenvalue weighted by molar-refractivity contribution is 6.33. The predicted octanol–water partition coefficient (Wildman–Crippen LogP) is 6.46. The number of hydrogen-bond acceptors (Lipinski definition) is 4. The van der Waals surface area contributed by atoms with Gasteiger partial charge in [-0.05, 0) is 49.9 Å². The van der Waals surface area contributed by atoms with Crippen molar-refractivity contribution in [2.75, 3.05) is 11.9 Å². The molecule has 6 nitrogen and oxygen atoms in total. The van der Waals surface area contributed by atoms with Crippen LogP contribution in [-0.4, -0.2) is 22.4 Å². The highest BCUT2D eigenvalue weighted by atomic mass is 35.5. The van der Waals surface area contributed by atoms with Gasteiger partial charge in [-0.1, -0.05) is 36.9 Å². The Morgan fingerprint density at radius 2 is 2.09 bits per heavy atom. The molecule has 1 aliphatic rings. The number of nitrogens with zero attached hydrogens (tertiary/aromatic N) is 1. The van der Waals surface area contributed by atoms with Crippen molar-refractivity contribution in [1.29, 1.82) is 0 Å². The Bertz CT molecular complexity index is 1290. The second kappa shape index (κ2) is 8.47. The molecule has 2 aromatic carbocycles. The van der Waals surface area contributed by atoms with E-state index in [0.717, 1.165) is 18.2 Å². The van der Waals surface area contributed by atoms with Gasteiger partial charge < -0.3 is 20.0 Å². The number of amides is 1. The fraction of sp³-hybridized carbons (Fsp3) is 0.333. The van der Waals surface area contributed by atoms with E-state index in [0.29, 0.717) is 46.4 Å². The molecule has 1 saturated carbocycles. The number of halogens is 2. The summed E-state index contributed by atoms with van der Waals surface area (Å²) < 4.78 is 20.1. The van der Waals surface area contributed by atoms with Crippen molar-refractivity contribution in [1.82, 2.24) is 15.3 Å². The van der Waals surface area contributed by atoms with Crippen molar-refractivity contribution in [2.24, 2.45) is 5.92 Å². The van der Waals surface area contributed by atoms with Gasteiger partial charge in [0, 0.05) is 11.9 Å². The lowest BCUT2D eigenvalue weighted by Crippen LogP contribution is -2.30. The number of furan rings is 1. The molecule has 1 fully saturated rings. The van der Waals surface area contributed by atoms with Crippen LogP contribution in [0.5, 0.6) is 0 Å². The van der Waals surface area contributed by atoms with E-state index in [4.69, 9.17) is 16.0 Å². The minimum absolute atomic E-state index is 0.137. The number of carbonyl (C=O) groups is 1. The number of anilines is 2. The van der Waals surface area contributed by atoms with Gasteiger partial charge in [-0.15, -0.1) is 0 Å². The minimum Gasteiger partial charge on any atom is -0.460 e. The first-order valence-corrected chi connectivity index (χ1v) is 11.3. The van der Waals surface area contributed by atoms with Crippen molar-refractivity contribution >= 4 is 51.1 Å². The van der Waals surface area contributed by atoms with Crippen molar-refractivity contribution in [3.63, 3.8) is 0 Å². The first kappa shape index (κ1) is 20.8. The van der Waals surface area contributed by atoms with Crippen LogP contribution >= 0.6 is 11.6 Å². The summed E-state index contributed by atoms with van der Waals surface area (Å²) in [7, 11) is 0. The number of aryl methyl sites for hydroxylation is 1. The van der Waals surface area contributed by atoms with Crippen molar-refractivity contribution in [3.05, 3.63) is 52.5 Å². The molecule has 0 aliphatic heterocycles. The third kappa shape index (κ3) is 3.93. The van der Waals surface area contributed by atoms with Crippen LogP contribution in [0, 0.1) is 18.7 Å². The van der Waals surface area contributed by atoms with Crippen LogP contribution in [0.1, 0.15) is 48.2 Å². The van der Waals surface area contributed by atoms with Gasteiger partial charge >= 0.3 is 0 Å². The average Bonchev–Trinajstić information content (AvgIpc) is 3.37. The predicted molar refractivity (Wildman–Crippen MR) is 124 cm³/mol. The van der Waals surface area contributed by atoms with E-state index in [1.807, 2.05) is 13.0 Å². The first-order chi connectivity index (χ1) is 15.5. The van der Waals surface area contributed by atoms with E-state index in [-0.39, 0.29) is 16.6 Å². The summed E-state index contributed by atoms with van der Waals surface area (Å²) in [6.07, 6.45) is 6.04. The second-order valence-electron chi connectivity index (χ2n) is 8.44. The summed E-state index contributed by atoms with van der Waals surface area (Å²) in [5.41, 5.74) is 2.37. The maximum Gasteiger partial charge on any atom is 0.255 e. The van der Waals surface area contributed by atoms with Gasteiger partial charge in [-0.25, -0.2) is 9.37 Å². The fourth-order valence-corrected chi connectivity index (χ4v) is 4.69. The molecule has 166 valence electrons. The quantitative estimate of drug-likeness (QED) is 0.323. The van der Waals surface area contributed by atoms with E-state index in [1.165, 1.54) is 31.4 Å². The summed E-state index contributed by atoms with van der Waals surface area (Å²) in [5.74, 6) is 0.886. The fourth-order valence-electron chi connectivity index (χ4n) is 4.48. The Morgan fingerprint density at radius 3 is 2.88 bits per heavy atom. The summed E-state index contributed by atoms with van der Waals surface area (Å²) in [5, 5.41) is 6.97. The third-order valence-electron chi connectivity index (χ3n) is 6.10. The summed E-state index contributed by atoms with van der Waals surface area (Å²) >= 11 is 6.13. The number of para-hydroxylation sites is 1. The highest BCUT2D eigenvalue weighted by Gasteiger charge is 2.21. The van der Waals surface area contributed by atoms with Crippen LogP contribution in [0.25, 0.3) is 22.0 Å². The SMILES string of the molecule is Cc1cc2c(o1)c(C(=O)NCC1CCCCC1)cc1[nH]c(Nc3c(F)cccc3Cl)nc12. The van der Waals surface area contributed by atoms with Gasteiger partial charge in [0.1, 0.15) is 22.7 Å².